The molecule has 4 amide bonds. The molecule has 2 saturated heterocycles. The van der Waals surface area contributed by atoms with Crippen molar-refractivity contribution < 1.29 is 33.4 Å². The number of amides is 4. The van der Waals surface area contributed by atoms with Gasteiger partial charge in [0.1, 0.15) is 18.1 Å². The molecule has 0 saturated carbocycles. The van der Waals surface area contributed by atoms with Crippen LogP contribution in [0.3, 0.4) is 0 Å². The first-order valence-corrected chi connectivity index (χ1v) is 22.8. The van der Waals surface area contributed by atoms with Crippen LogP contribution in [0.1, 0.15) is 83.7 Å². The van der Waals surface area contributed by atoms with Gasteiger partial charge in [0.2, 0.25) is 17.7 Å². The lowest BCUT2D eigenvalue weighted by molar-refractivity contribution is -0.155. The smallest absolute Gasteiger partial charge is 0.324 e. The molecule has 0 radical (unpaired) electrons. The number of nitrogens with zero attached hydrogens (tertiary/aromatic N) is 6. The number of aryl methyl sites for hydroxylation is 1. The number of aromatic nitrogens is 2. The van der Waals surface area contributed by atoms with E-state index in [1.807, 2.05) is 26.8 Å². The molecule has 0 aliphatic carbocycles. The van der Waals surface area contributed by atoms with Crippen molar-refractivity contribution in [2.45, 2.75) is 98.0 Å². The lowest BCUT2D eigenvalue weighted by Gasteiger charge is -2.37. The molecule has 15 nitrogen and oxygen atoms in total. The van der Waals surface area contributed by atoms with Crippen LogP contribution in [0.25, 0.3) is 27.7 Å². The minimum Gasteiger partial charge on any atom is -0.464 e. The van der Waals surface area contributed by atoms with Gasteiger partial charge in [0.15, 0.2) is 0 Å². The van der Waals surface area contributed by atoms with Crippen molar-refractivity contribution in [3.05, 3.63) is 72.1 Å². The van der Waals surface area contributed by atoms with Crippen LogP contribution in [0, 0.1) is 17.3 Å². The molecular formula is C49H66N8O7. The van der Waals surface area contributed by atoms with E-state index in [2.05, 4.69) is 77.9 Å². The number of likely N-dealkylation sites (tertiary alicyclic amines) is 1. The Morgan fingerprint density at radius 1 is 1.12 bits per heavy atom. The number of pyridine rings is 1. The van der Waals surface area contributed by atoms with Crippen LogP contribution in [0.5, 0.6) is 0 Å². The Morgan fingerprint density at radius 2 is 1.91 bits per heavy atom. The van der Waals surface area contributed by atoms with Crippen LogP contribution in [0.15, 0.2) is 55.3 Å². The number of carbonyl (C=O) groups is 5. The van der Waals surface area contributed by atoms with Gasteiger partial charge in [-0.1, -0.05) is 46.4 Å². The largest absolute Gasteiger partial charge is 0.464 e. The van der Waals surface area contributed by atoms with Crippen LogP contribution < -0.4 is 10.7 Å². The highest BCUT2D eigenvalue weighted by Gasteiger charge is 2.41. The summed E-state index contributed by atoms with van der Waals surface area (Å²) in [5.74, 6) is -2.46. The zero-order valence-corrected chi connectivity index (χ0v) is 38.8. The fraction of sp³-hybridized carbons (Fsp3) is 0.551. The molecule has 2 aromatic heterocycles. The number of rotatable bonds is 10. The van der Waals surface area contributed by atoms with Gasteiger partial charge in [0.05, 0.1) is 30.0 Å². The number of cyclic esters (lactones) is 1. The topological polar surface area (TPSA) is 159 Å². The molecule has 3 aromatic rings. The average Bonchev–Trinajstić information content (AvgIpc) is 4.05. The highest BCUT2D eigenvalue weighted by molar-refractivity contribution is 5.96. The van der Waals surface area contributed by atoms with Gasteiger partial charge in [-0.3, -0.25) is 38.9 Å². The zero-order valence-electron chi connectivity index (χ0n) is 38.8. The molecular weight excluding hydrogens is 813 g/mol. The van der Waals surface area contributed by atoms with E-state index in [9.17, 15) is 24.0 Å². The summed E-state index contributed by atoms with van der Waals surface area (Å²) in [6, 6.07) is 8.03. The fourth-order valence-corrected chi connectivity index (χ4v) is 9.99. The van der Waals surface area contributed by atoms with Gasteiger partial charge >= 0.3 is 5.97 Å². The number of carbonyl (C=O) groups excluding carboxylic acids is 5. The molecule has 4 aliphatic heterocycles. The predicted molar refractivity (Wildman–Crippen MR) is 245 cm³/mol. The molecule has 6 heterocycles. The third-order valence-electron chi connectivity index (χ3n) is 13.4. The first-order chi connectivity index (χ1) is 30.5. The number of hydrazine groups is 1. The van der Waals surface area contributed by atoms with Crippen LogP contribution in [0.2, 0.25) is 0 Å². The molecule has 6 bridgehead atoms. The van der Waals surface area contributed by atoms with Gasteiger partial charge in [-0.05, 0) is 92.5 Å². The van der Waals surface area contributed by atoms with E-state index in [4.69, 9.17) is 14.5 Å². The Balaban J connectivity index is 1.23. The molecule has 344 valence electrons. The molecule has 2 fully saturated rings. The number of ether oxygens (including phenoxy) is 2. The maximum Gasteiger partial charge on any atom is 0.324 e. The van der Waals surface area contributed by atoms with Crippen molar-refractivity contribution in [3.63, 3.8) is 0 Å². The van der Waals surface area contributed by atoms with Gasteiger partial charge in [-0.2, -0.15) is 0 Å². The third-order valence-corrected chi connectivity index (χ3v) is 13.4. The maximum atomic E-state index is 14.6. The van der Waals surface area contributed by atoms with Crippen LogP contribution in [-0.2, 0) is 46.4 Å². The lowest BCUT2D eigenvalue weighted by Crippen LogP contribution is -2.63. The summed E-state index contributed by atoms with van der Waals surface area (Å²) in [5, 5.41) is 5.63. The second-order valence-corrected chi connectivity index (χ2v) is 19.0. The summed E-state index contributed by atoms with van der Waals surface area (Å²) in [7, 11) is 3.31. The monoisotopic (exact) mass is 879 g/mol. The average molecular weight is 879 g/mol. The van der Waals surface area contributed by atoms with E-state index in [0.29, 0.717) is 51.9 Å². The third kappa shape index (κ3) is 9.52. The van der Waals surface area contributed by atoms with Crippen molar-refractivity contribution in [3.8, 4) is 11.3 Å². The Labute approximate surface area is 377 Å². The fourth-order valence-electron chi connectivity index (χ4n) is 9.99. The second kappa shape index (κ2) is 19.4. The number of likely N-dealkylation sites (N-methyl/N-ethyl adjacent to an activating group) is 1. The molecule has 2 N–H and O–H groups in total. The van der Waals surface area contributed by atoms with Crippen molar-refractivity contribution in [1.29, 1.82) is 0 Å². The first-order valence-electron chi connectivity index (χ1n) is 22.8. The summed E-state index contributed by atoms with van der Waals surface area (Å²) in [4.78, 5) is 79.1. The number of methoxy groups -OCH3 is 1. The summed E-state index contributed by atoms with van der Waals surface area (Å²) < 4.78 is 14.3. The molecule has 2 unspecified atom stereocenters. The normalized spacial score (nSPS) is 23.6. The predicted octanol–water partition coefficient (Wildman–Crippen LogP) is 4.75. The number of fused-ring (bicyclic) bond motifs is 6. The summed E-state index contributed by atoms with van der Waals surface area (Å²) in [6.07, 6.45) is 7.13. The highest BCUT2D eigenvalue weighted by atomic mass is 16.5. The molecule has 4 aliphatic rings. The zero-order chi connectivity index (χ0) is 46.0. The van der Waals surface area contributed by atoms with E-state index in [-0.39, 0.29) is 49.4 Å². The summed E-state index contributed by atoms with van der Waals surface area (Å²) >= 11 is 0. The number of benzene rings is 1. The SMILES string of the molecule is C=CC(=O)N1CCC(C(=O)N(C)[C@H](C(=O)N[C@H]2CN3CC=C(C3)c3ccc4c(c3)c(c(-c3cccnc3[C@H](C)OC)n4CC)CC(C)(C)COC(=O)[C@@H]3CCCN(N3)C2=O)C(C)C)C1. The van der Waals surface area contributed by atoms with E-state index in [1.165, 1.54) is 16.0 Å². The van der Waals surface area contributed by atoms with E-state index in [1.54, 1.807) is 25.3 Å². The number of nitrogens with one attached hydrogen (secondary N) is 2. The summed E-state index contributed by atoms with van der Waals surface area (Å²) in [5.41, 5.74) is 10.00. The Morgan fingerprint density at radius 3 is 2.62 bits per heavy atom. The van der Waals surface area contributed by atoms with E-state index >= 15 is 0 Å². The first kappa shape index (κ1) is 46.6. The van der Waals surface area contributed by atoms with Crippen LogP contribution in [-0.4, -0.2) is 137 Å². The van der Waals surface area contributed by atoms with Gasteiger partial charge in [0.25, 0.3) is 5.91 Å². The highest BCUT2D eigenvalue weighted by Crippen LogP contribution is 2.42. The Bertz CT molecular complexity index is 2320. The maximum absolute atomic E-state index is 14.6. The van der Waals surface area contributed by atoms with Gasteiger partial charge in [-0.15, -0.1) is 0 Å². The van der Waals surface area contributed by atoms with Crippen molar-refractivity contribution >= 4 is 46.1 Å². The van der Waals surface area contributed by atoms with Crippen LogP contribution in [0.4, 0.5) is 0 Å². The molecule has 7 rings (SSSR count). The number of hydrogen-bond acceptors (Lipinski definition) is 10. The van der Waals surface area contributed by atoms with Crippen molar-refractivity contribution in [1.82, 2.24) is 40.0 Å². The molecule has 6 atom stereocenters. The van der Waals surface area contributed by atoms with Gasteiger partial charge < -0.3 is 29.2 Å². The summed E-state index contributed by atoms with van der Waals surface area (Å²) in [6.45, 7) is 18.9. The minimum absolute atomic E-state index is 0.148. The quantitative estimate of drug-likeness (QED) is 0.215. The van der Waals surface area contributed by atoms with Gasteiger partial charge in [0, 0.05) is 88.0 Å². The number of esters is 1. The van der Waals surface area contributed by atoms with E-state index in [0.717, 1.165) is 51.1 Å². The standard InChI is InChI=1S/C49H66N8O7/c1-10-41(58)55-23-19-34(27-55)46(60)53(8)43(30(3)4)45(59)51-39-28-54-22-18-33(26-54)32-16-17-40-36(24-32)37(44(56(40)11-2)35-14-12-20-50-42(35)31(5)63-9)25-49(6,7)29-64-48(62)38-15-13-21-57(52-38)47(39)61/h10,12,14,16-18,20,24,30-31,34,38-39,43,52H,1,11,13,15,19,21-23,25-29H2,2-9H3,(H,51,59)/t31-,34?,38-,39-,43-/m0/s1. The molecule has 1 aromatic carbocycles. The van der Waals surface area contributed by atoms with E-state index < -0.39 is 41.3 Å². The second-order valence-electron chi connectivity index (χ2n) is 19.0. The van der Waals surface area contributed by atoms with Gasteiger partial charge in [-0.25, -0.2) is 5.43 Å². The molecule has 64 heavy (non-hydrogen) atoms. The number of hydrogen-bond donors (Lipinski definition) is 2. The van der Waals surface area contributed by atoms with Crippen molar-refractivity contribution in [2.24, 2.45) is 17.3 Å². The van der Waals surface area contributed by atoms with Crippen molar-refractivity contribution in [2.75, 3.05) is 60.0 Å². The van der Waals surface area contributed by atoms with Crippen LogP contribution >= 0.6 is 0 Å². The Kier molecular flexibility index (Phi) is 14.1. The molecule has 15 heteroatoms. The Hall–Kier alpha value is -5.38. The minimum atomic E-state index is -1.00. The molecule has 0 spiro atoms. The lowest BCUT2D eigenvalue weighted by atomic mass is 9.84.